The summed E-state index contributed by atoms with van der Waals surface area (Å²) in [5.41, 5.74) is 0. The van der Waals surface area contributed by atoms with E-state index >= 15 is 0 Å². The van der Waals surface area contributed by atoms with E-state index in [1.807, 2.05) is 0 Å². The third-order valence-corrected chi connectivity index (χ3v) is 2.88. The zero-order valence-electron chi connectivity index (χ0n) is 11.0. The van der Waals surface area contributed by atoms with Crippen molar-refractivity contribution in [3.8, 4) is 0 Å². The van der Waals surface area contributed by atoms with Crippen molar-refractivity contribution in [1.82, 2.24) is 5.32 Å². The fourth-order valence-electron chi connectivity index (χ4n) is 1.42. The zero-order valence-corrected chi connectivity index (χ0v) is 12.6. The van der Waals surface area contributed by atoms with E-state index in [4.69, 9.17) is 4.42 Å². The second-order valence-corrected chi connectivity index (χ2v) is 4.55. The fourth-order valence-corrected chi connectivity index (χ4v) is 1.73. The first-order valence-corrected chi connectivity index (χ1v) is 6.48. The van der Waals surface area contributed by atoms with Crippen LogP contribution in [0.25, 0.3) is 0 Å². The molecule has 1 N–H and O–H groups in total. The highest BCUT2D eigenvalue weighted by atomic mass is 79.9. The molecule has 8 heteroatoms. The van der Waals surface area contributed by atoms with Gasteiger partial charge in [-0.3, -0.25) is 9.59 Å². The molecule has 20 heavy (non-hydrogen) atoms. The van der Waals surface area contributed by atoms with Gasteiger partial charge in [-0.15, -0.1) is 0 Å². The molecule has 110 valence electrons. The van der Waals surface area contributed by atoms with Crippen LogP contribution in [0.2, 0.25) is 0 Å². The van der Waals surface area contributed by atoms with Crippen molar-refractivity contribution in [3.05, 3.63) is 22.6 Å². The van der Waals surface area contributed by atoms with Gasteiger partial charge in [-0.2, -0.15) is 0 Å². The third kappa shape index (κ3) is 4.69. The molecule has 1 aromatic heterocycles. The van der Waals surface area contributed by atoms with Crippen LogP contribution in [0.1, 0.15) is 23.4 Å². The second-order valence-electron chi connectivity index (χ2n) is 3.77. The van der Waals surface area contributed by atoms with Gasteiger partial charge in [0.2, 0.25) is 0 Å². The standard InChI is InChI=1S/C12H14BrNO6/c1-18-10(15)6-3-7(12(17)19-2)14-11(16)8-4-5-9(13)20-8/h4-5,7H,3,6H2,1-2H3,(H,14,16)/t7-/m1/s1. The van der Waals surface area contributed by atoms with E-state index in [0.717, 1.165) is 0 Å². The molecule has 0 aliphatic heterocycles. The Morgan fingerprint density at radius 3 is 2.50 bits per heavy atom. The van der Waals surface area contributed by atoms with Crippen molar-refractivity contribution in [2.24, 2.45) is 0 Å². The second kappa shape index (κ2) is 7.68. The molecule has 1 aromatic rings. The van der Waals surface area contributed by atoms with E-state index in [1.165, 1.54) is 20.3 Å². The monoisotopic (exact) mass is 347 g/mol. The van der Waals surface area contributed by atoms with Crippen LogP contribution in [0.4, 0.5) is 0 Å². The van der Waals surface area contributed by atoms with Gasteiger partial charge in [0.25, 0.3) is 5.91 Å². The fraction of sp³-hybridized carbons (Fsp3) is 0.417. The maximum Gasteiger partial charge on any atom is 0.328 e. The van der Waals surface area contributed by atoms with Crippen LogP contribution >= 0.6 is 15.9 Å². The van der Waals surface area contributed by atoms with Gasteiger partial charge in [0.05, 0.1) is 14.2 Å². The number of halogens is 1. The lowest BCUT2D eigenvalue weighted by molar-refractivity contribution is -0.144. The van der Waals surface area contributed by atoms with Gasteiger partial charge >= 0.3 is 11.9 Å². The van der Waals surface area contributed by atoms with Crippen LogP contribution in [0.5, 0.6) is 0 Å². The lowest BCUT2D eigenvalue weighted by atomic mass is 10.1. The number of methoxy groups -OCH3 is 2. The molecule has 0 bridgehead atoms. The summed E-state index contributed by atoms with van der Waals surface area (Å²) in [6.07, 6.45) is 0.0609. The number of hydrogen-bond donors (Lipinski definition) is 1. The number of amides is 1. The largest absolute Gasteiger partial charge is 0.469 e. The van der Waals surface area contributed by atoms with Gasteiger partial charge in [-0.25, -0.2) is 4.79 Å². The van der Waals surface area contributed by atoms with Gasteiger partial charge in [0.15, 0.2) is 10.4 Å². The highest BCUT2D eigenvalue weighted by Gasteiger charge is 2.24. The Balaban J connectivity index is 2.66. The Labute approximate surface area is 123 Å². The number of nitrogens with one attached hydrogen (secondary N) is 1. The molecule has 0 aromatic carbocycles. The summed E-state index contributed by atoms with van der Waals surface area (Å²) in [5, 5.41) is 2.44. The van der Waals surface area contributed by atoms with Gasteiger partial charge in [0.1, 0.15) is 6.04 Å². The first-order chi connectivity index (χ1) is 9.47. The molecule has 0 aliphatic carbocycles. The van der Waals surface area contributed by atoms with E-state index in [0.29, 0.717) is 4.67 Å². The summed E-state index contributed by atoms with van der Waals surface area (Å²) < 4.78 is 14.5. The molecule has 1 atom stereocenters. The van der Waals surface area contributed by atoms with Crippen molar-refractivity contribution in [1.29, 1.82) is 0 Å². The first kappa shape index (κ1) is 16.2. The summed E-state index contributed by atoms with van der Waals surface area (Å²) in [7, 11) is 2.44. The van der Waals surface area contributed by atoms with E-state index in [-0.39, 0.29) is 18.6 Å². The van der Waals surface area contributed by atoms with Crippen molar-refractivity contribution >= 4 is 33.8 Å². The topological polar surface area (TPSA) is 94.8 Å². The Hall–Kier alpha value is -1.83. The Morgan fingerprint density at radius 2 is 2.00 bits per heavy atom. The summed E-state index contributed by atoms with van der Waals surface area (Å²) in [6.45, 7) is 0. The minimum absolute atomic E-state index is 0.0155. The Kier molecular flexibility index (Phi) is 6.23. The van der Waals surface area contributed by atoms with Gasteiger partial charge in [0, 0.05) is 6.42 Å². The maximum absolute atomic E-state index is 11.9. The van der Waals surface area contributed by atoms with Gasteiger partial charge < -0.3 is 19.2 Å². The molecule has 7 nitrogen and oxygen atoms in total. The number of carbonyl (C=O) groups is 3. The summed E-state index contributed by atoms with van der Waals surface area (Å²) in [4.78, 5) is 34.5. The lowest BCUT2D eigenvalue weighted by Gasteiger charge is -2.15. The van der Waals surface area contributed by atoms with Crippen LogP contribution in [0, 0.1) is 0 Å². The Morgan fingerprint density at radius 1 is 1.30 bits per heavy atom. The van der Waals surface area contributed by atoms with Crippen LogP contribution < -0.4 is 5.32 Å². The summed E-state index contributed by atoms with van der Waals surface area (Å²) in [5.74, 6) is -1.65. The molecule has 0 spiro atoms. The minimum atomic E-state index is -0.949. The van der Waals surface area contributed by atoms with Crippen molar-refractivity contribution in [2.45, 2.75) is 18.9 Å². The predicted molar refractivity (Wildman–Crippen MR) is 70.9 cm³/mol. The Bertz CT molecular complexity index is 498. The molecular formula is C12H14BrNO6. The lowest BCUT2D eigenvalue weighted by Crippen LogP contribution is -2.41. The quantitative estimate of drug-likeness (QED) is 0.778. The highest BCUT2D eigenvalue weighted by Crippen LogP contribution is 2.14. The molecule has 0 aliphatic rings. The van der Waals surface area contributed by atoms with Crippen molar-refractivity contribution < 1.29 is 28.3 Å². The summed E-state index contributed by atoms with van der Waals surface area (Å²) >= 11 is 3.07. The number of furan rings is 1. The third-order valence-electron chi connectivity index (χ3n) is 2.45. The van der Waals surface area contributed by atoms with E-state index in [1.54, 1.807) is 6.07 Å². The number of esters is 2. The molecule has 1 amide bonds. The van der Waals surface area contributed by atoms with Gasteiger partial charge in [-0.1, -0.05) is 0 Å². The smallest absolute Gasteiger partial charge is 0.328 e. The predicted octanol–water partition coefficient (Wildman–Crippen LogP) is 1.27. The molecule has 0 saturated carbocycles. The van der Waals surface area contributed by atoms with E-state index < -0.39 is 23.9 Å². The first-order valence-electron chi connectivity index (χ1n) is 5.68. The number of ether oxygens (including phenoxy) is 2. The van der Waals surface area contributed by atoms with Crippen LogP contribution in [-0.4, -0.2) is 38.1 Å². The maximum atomic E-state index is 11.9. The molecular weight excluding hydrogens is 334 g/mol. The number of hydrogen-bond acceptors (Lipinski definition) is 6. The molecule has 1 rings (SSSR count). The SMILES string of the molecule is COC(=O)CC[C@@H](NC(=O)c1ccc(Br)o1)C(=O)OC. The minimum Gasteiger partial charge on any atom is -0.469 e. The number of rotatable bonds is 6. The number of carbonyl (C=O) groups excluding carboxylic acids is 3. The average Bonchev–Trinajstić information content (AvgIpc) is 2.88. The molecule has 0 radical (unpaired) electrons. The van der Waals surface area contributed by atoms with Gasteiger partial charge in [-0.05, 0) is 34.5 Å². The van der Waals surface area contributed by atoms with Crippen LogP contribution in [-0.2, 0) is 19.1 Å². The highest BCUT2D eigenvalue weighted by molar-refractivity contribution is 9.10. The zero-order chi connectivity index (χ0) is 15.1. The normalized spacial score (nSPS) is 11.6. The van der Waals surface area contributed by atoms with Crippen molar-refractivity contribution in [3.63, 3.8) is 0 Å². The van der Waals surface area contributed by atoms with E-state index in [2.05, 4.69) is 30.7 Å². The average molecular weight is 348 g/mol. The molecule has 0 unspecified atom stereocenters. The van der Waals surface area contributed by atoms with Crippen molar-refractivity contribution in [2.75, 3.05) is 14.2 Å². The molecule has 0 saturated heterocycles. The van der Waals surface area contributed by atoms with Crippen LogP contribution in [0.3, 0.4) is 0 Å². The summed E-state index contributed by atoms with van der Waals surface area (Å²) in [6, 6.07) is 2.06. The molecule has 0 fully saturated rings. The van der Waals surface area contributed by atoms with Crippen LogP contribution in [0.15, 0.2) is 21.2 Å². The molecule has 1 heterocycles. The van der Waals surface area contributed by atoms with E-state index in [9.17, 15) is 14.4 Å².